The Morgan fingerprint density at radius 2 is 0.952 bits per heavy atom. The predicted octanol–water partition coefficient (Wildman–Crippen LogP) is 6.86. The second-order valence-corrected chi connectivity index (χ2v) is 6.84. The van der Waals surface area contributed by atoms with Gasteiger partial charge in [-0.05, 0) is 19.9 Å². The van der Waals surface area contributed by atoms with E-state index in [1.807, 2.05) is 0 Å². The minimum atomic E-state index is 0.715. The van der Waals surface area contributed by atoms with Crippen LogP contribution in [0.1, 0.15) is 117 Å². The first kappa shape index (κ1) is 21.0. The van der Waals surface area contributed by atoms with Gasteiger partial charge in [-0.1, -0.05) is 104 Å². The highest BCUT2D eigenvalue weighted by atomic mass is 14.9. The Morgan fingerprint density at radius 1 is 0.571 bits per heavy atom. The first-order valence-electron chi connectivity index (χ1n) is 10.0. The van der Waals surface area contributed by atoms with E-state index in [0.717, 1.165) is 6.54 Å². The second-order valence-electron chi connectivity index (χ2n) is 6.84. The van der Waals surface area contributed by atoms with Gasteiger partial charge >= 0.3 is 0 Å². The number of unbranched alkanes of at least 4 members (excludes halogenated alkanes) is 13. The molecule has 0 saturated heterocycles. The van der Waals surface area contributed by atoms with Crippen LogP contribution in [-0.2, 0) is 0 Å². The van der Waals surface area contributed by atoms with Crippen LogP contribution >= 0.6 is 0 Å². The zero-order valence-electron chi connectivity index (χ0n) is 15.4. The summed E-state index contributed by atoms with van der Waals surface area (Å²) in [6.45, 7) is 7.91. The lowest BCUT2D eigenvalue weighted by atomic mass is 10.0. The molecule has 0 aromatic rings. The number of hydrogen-bond donors (Lipinski definition) is 1. The maximum Gasteiger partial charge on any atom is 0.00386 e. The second kappa shape index (κ2) is 18.0. The SMILES string of the molecule is CCCCCCCCCCCCCCCCC(C)NCC. The molecule has 1 atom stereocenters. The lowest BCUT2D eigenvalue weighted by molar-refractivity contribution is 0.484. The van der Waals surface area contributed by atoms with E-state index >= 15 is 0 Å². The lowest BCUT2D eigenvalue weighted by Gasteiger charge is -2.11. The average molecular weight is 298 g/mol. The van der Waals surface area contributed by atoms with Gasteiger partial charge in [-0.2, -0.15) is 0 Å². The molecule has 0 spiro atoms. The van der Waals surface area contributed by atoms with Crippen molar-refractivity contribution in [2.45, 2.75) is 123 Å². The molecular weight excluding hydrogens is 254 g/mol. The molecular formula is C20H43N. The summed E-state index contributed by atoms with van der Waals surface area (Å²) in [5.74, 6) is 0. The van der Waals surface area contributed by atoms with Crippen LogP contribution in [0.3, 0.4) is 0 Å². The first-order chi connectivity index (χ1) is 10.3. The van der Waals surface area contributed by atoms with Crippen LogP contribution in [-0.4, -0.2) is 12.6 Å². The molecule has 128 valence electrons. The van der Waals surface area contributed by atoms with E-state index in [0.29, 0.717) is 6.04 Å². The Bertz CT molecular complexity index is 179. The van der Waals surface area contributed by atoms with Gasteiger partial charge in [0.25, 0.3) is 0 Å². The van der Waals surface area contributed by atoms with Crippen LogP contribution in [0.4, 0.5) is 0 Å². The average Bonchev–Trinajstić information content (AvgIpc) is 2.48. The molecule has 0 amide bonds. The standard InChI is InChI=1S/C20H43N/c1-4-6-7-8-9-10-11-12-13-14-15-16-17-18-19-20(3)21-5-2/h20-21H,4-19H2,1-3H3. The van der Waals surface area contributed by atoms with Crippen molar-refractivity contribution in [2.24, 2.45) is 0 Å². The third kappa shape index (κ3) is 17.9. The fourth-order valence-corrected chi connectivity index (χ4v) is 3.10. The third-order valence-corrected chi connectivity index (χ3v) is 4.54. The molecule has 1 heteroatoms. The van der Waals surface area contributed by atoms with Crippen molar-refractivity contribution in [3.63, 3.8) is 0 Å². The largest absolute Gasteiger partial charge is 0.315 e. The molecule has 0 bridgehead atoms. The molecule has 0 aliphatic carbocycles. The summed E-state index contributed by atoms with van der Waals surface area (Å²) in [6.07, 6.45) is 21.7. The van der Waals surface area contributed by atoms with Gasteiger partial charge in [-0.25, -0.2) is 0 Å². The monoisotopic (exact) mass is 297 g/mol. The maximum atomic E-state index is 3.49. The highest BCUT2D eigenvalue weighted by molar-refractivity contribution is 4.59. The fourth-order valence-electron chi connectivity index (χ4n) is 3.10. The molecule has 1 N–H and O–H groups in total. The summed E-state index contributed by atoms with van der Waals surface area (Å²) in [6, 6.07) is 0.715. The molecule has 21 heavy (non-hydrogen) atoms. The third-order valence-electron chi connectivity index (χ3n) is 4.54. The van der Waals surface area contributed by atoms with Crippen LogP contribution in [0.5, 0.6) is 0 Å². The first-order valence-corrected chi connectivity index (χ1v) is 10.0. The molecule has 1 nitrogen and oxygen atoms in total. The van der Waals surface area contributed by atoms with Crippen molar-refractivity contribution < 1.29 is 0 Å². The molecule has 0 fully saturated rings. The van der Waals surface area contributed by atoms with Gasteiger partial charge in [-0.3, -0.25) is 0 Å². The highest BCUT2D eigenvalue weighted by Gasteiger charge is 1.99. The number of nitrogens with one attached hydrogen (secondary N) is 1. The molecule has 0 rings (SSSR count). The van der Waals surface area contributed by atoms with E-state index < -0.39 is 0 Å². The van der Waals surface area contributed by atoms with E-state index in [2.05, 4.69) is 26.1 Å². The van der Waals surface area contributed by atoms with Gasteiger partial charge in [-0.15, -0.1) is 0 Å². The normalized spacial score (nSPS) is 12.7. The molecule has 1 unspecified atom stereocenters. The van der Waals surface area contributed by atoms with E-state index in [-0.39, 0.29) is 0 Å². The van der Waals surface area contributed by atoms with Crippen molar-refractivity contribution in [1.82, 2.24) is 5.32 Å². The summed E-state index contributed by atoms with van der Waals surface area (Å²) < 4.78 is 0. The van der Waals surface area contributed by atoms with E-state index in [1.165, 1.54) is 96.3 Å². The summed E-state index contributed by atoms with van der Waals surface area (Å²) in [4.78, 5) is 0. The van der Waals surface area contributed by atoms with Gasteiger partial charge < -0.3 is 5.32 Å². The van der Waals surface area contributed by atoms with Gasteiger partial charge in [0.05, 0.1) is 0 Å². The molecule has 0 saturated carbocycles. The Hall–Kier alpha value is -0.0400. The van der Waals surface area contributed by atoms with E-state index in [9.17, 15) is 0 Å². The van der Waals surface area contributed by atoms with Crippen molar-refractivity contribution in [2.75, 3.05) is 6.54 Å². The Kier molecular flexibility index (Phi) is 18.0. The molecule has 0 heterocycles. The van der Waals surface area contributed by atoms with Crippen LogP contribution in [0.25, 0.3) is 0 Å². The Morgan fingerprint density at radius 3 is 1.33 bits per heavy atom. The molecule has 0 aliphatic heterocycles. The van der Waals surface area contributed by atoms with Crippen molar-refractivity contribution >= 4 is 0 Å². The molecule has 0 aromatic heterocycles. The molecule has 0 aliphatic rings. The summed E-state index contributed by atoms with van der Waals surface area (Å²) in [5, 5.41) is 3.49. The van der Waals surface area contributed by atoms with Crippen molar-refractivity contribution in [1.29, 1.82) is 0 Å². The smallest absolute Gasteiger partial charge is 0.00386 e. The van der Waals surface area contributed by atoms with Gasteiger partial charge in [0.2, 0.25) is 0 Å². The highest BCUT2D eigenvalue weighted by Crippen LogP contribution is 2.13. The van der Waals surface area contributed by atoms with E-state index in [1.54, 1.807) is 0 Å². The Balaban J connectivity index is 2.99. The predicted molar refractivity (Wildman–Crippen MR) is 98.1 cm³/mol. The van der Waals surface area contributed by atoms with Crippen LogP contribution in [0, 0.1) is 0 Å². The number of hydrogen-bond acceptors (Lipinski definition) is 1. The lowest BCUT2D eigenvalue weighted by Crippen LogP contribution is -2.25. The van der Waals surface area contributed by atoms with Crippen LogP contribution < -0.4 is 5.32 Å². The van der Waals surface area contributed by atoms with Crippen LogP contribution in [0.2, 0.25) is 0 Å². The maximum absolute atomic E-state index is 3.49. The summed E-state index contributed by atoms with van der Waals surface area (Å²) >= 11 is 0. The van der Waals surface area contributed by atoms with Crippen LogP contribution in [0.15, 0.2) is 0 Å². The minimum absolute atomic E-state index is 0.715. The summed E-state index contributed by atoms with van der Waals surface area (Å²) in [7, 11) is 0. The zero-order chi connectivity index (χ0) is 15.6. The van der Waals surface area contributed by atoms with Gasteiger partial charge in [0, 0.05) is 6.04 Å². The van der Waals surface area contributed by atoms with Crippen molar-refractivity contribution in [3.8, 4) is 0 Å². The molecule has 0 radical (unpaired) electrons. The van der Waals surface area contributed by atoms with Gasteiger partial charge in [0.15, 0.2) is 0 Å². The Labute approximate surface area is 135 Å². The topological polar surface area (TPSA) is 12.0 Å². The fraction of sp³-hybridized carbons (Fsp3) is 1.00. The quantitative estimate of drug-likeness (QED) is 0.289. The molecule has 0 aromatic carbocycles. The summed E-state index contributed by atoms with van der Waals surface area (Å²) in [5.41, 5.74) is 0. The number of rotatable bonds is 17. The van der Waals surface area contributed by atoms with E-state index in [4.69, 9.17) is 0 Å². The van der Waals surface area contributed by atoms with Gasteiger partial charge in [0.1, 0.15) is 0 Å². The zero-order valence-corrected chi connectivity index (χ0v) is 15.4. The minimum Gasteiger partial charge on any atom is -0.315 e. The van der Waals surface area contributed by atoms with Crippen molar-refractivity contribution in [3.05, 3.63) is 0 Å².